The first-order chi connectivity index (χ1) is 18.0. The van der Waals surface area contributed by atoms with E-state index < -0.39 is 24.3 Å². The zero-order valence-corrected chi connectivity index (χ0v) is 22.2. The van der Waals surface area contributed by atoms with Gasteiger partial charge in [0.25, 0.3) is 11.8 Å². The molecule has 0 atom stereocenters. The molecule has 1 aliphatic rings. The second kappa shape index (κ2) is 11.6. The summed E-state index contributed by atoms with van der Waals surface area (Å²) in [5.41, 5.74) is 1.59. The molecule has 0 saturated carbocycles. The molecular weight excluding hydrogens is 557 g/mol. The fourth-order valence-electron chi connectivity index (χ4n) is 3.56. The van der Waals surface area contributed by atoms with Gasteiger partial charge in [-0.05, 0) is 66.1 Å². The molecule has 0 spiro atoms. The summed E-state index contributed by atoms with van der Waals surface area (Å²) in [6.45, 7) is 1.58. The monoisotopic (exact) mass is 576 g/mol. The van der Waals surface area contributed by atoms with Crippen LogP contribution >= 0.6 is 35.6 Å². The standard InChI is InChI=1S/C27H20ClF3N2O3S2/c1-2-16-6-9-20(10-7-16)33-25(35)23(38-26(33)37)13-17-8-11-22(21(28)12-17)36-15-24(34)32-19-5-3-4-18(14-19)27(29,30)31/h3-14H,2,15H2,1H3,(H,32,34)/b23-13-. The first-order valence-electron chi connectivity index (χ1n) is 11.3. The average molecular weight is 577 g/mol. The summed E-state index contributed by atoms with van der Waals surface area (Å²) < 4.78 is 44.4. The Kier molecular flexibility index (Phi) is 8.44. The van der Waals surface area contributed by atoms with Crippen LogP contribution < -0.4 is 15.0 Å². The number of carbonyl (C=O) groups is 2. The summed E-state index contributed by atoms with van der Waals surface area (Å²) in [6.07, 6.45) is -1.97. The average Bonchev–Trinajstić information content (AvgIpc) is 3.15. The van der Waals surface area contributed by atoms with E-state index in [1.807, 2.05) is 31.2 Å². The first kappa shape index (κ1) is 27.7. The Hall–Kier alpha value is -3.34. The molecule has 3 aromatic carbocycles. The highest BCUT2D eigenvalue weighted by Gasteiger charge is 2.33. The Morgan fingerprint density at radius 2 is 1.87 bits per heavy atom. The third-order valence-corrected chi connectivity index (χ3v) is 7.08. The number of benzene rings is 3. The topological polar surface area (TPSA) is 58.6 Å². The number of carbonyl (C=O) groups excluding carboxylic acids is 2. The number of alkyl halides is 3. The van der Waals surface area contributed by atoms with Crippen molar-refractivity contribution in [3.05, 3.63) is 93.3 Å². The van der Waals surface area contributed by atoms with Crippen LogP contribution in [0.15, 0.2) is 71.6 Å². The number of thioether (sulfide) groups is 1. The first-order valence-corrected chi connectivity index (χ1v) is 12.9. The number of hydrogen-bond donors (Lipinski definition) is 1. The number of amides is 2. The number of anilines is 2. The largest absolute Gasteiger partial charge is 0.482 e. The van der Waals surface area contributed by atoms with Crippen LogP contribution in [0.2, 0.25) is 5.02 Å². The van der Waals surface area contributed by atoms with Crippen LogP contribution in [0.25, 0.3) is 6.08 Å². The molecule has 38 heavy (non-hydrogen) atoms. The molecule has 1 N–H and O–H groups in total. The predicted octanol–water partition coefficient (Wildman–Crippen LogP) is 7.34. The van der Waals surface area contributed by atoms with E-state index in [-0.39, 0.29) is 22.4 Å². The molecule has 1 saturated heterocycles. The van der Waals surface area contributed by atoms with Crippen molar-refractivity contribution in [3.63, 3.8) is 0 Å². The van der Waals surface area contributed by atoms with Crippen molar-refractivity contribution in [1.29, 1.82) is 0 Å². The lowest BCUT2D eigenvalue weighted by Gasteiger charge is -2.14. The summed E-state index contributed by atoms with van der Waals surface area (Å²) in [5, 5.41) is 2.55. The van der Waals surface area contributed by atoms with Gasteiger partial charge in [-0.1, -0.05) is 66.8 Å². The van der Waals surface area contributed by atoms with Crippen molar-refractivity contribution in [2.24, 2.45) is 0 Å². The summed E-state index contributed by atoms with van der Waals surface area (Å²) >= 11 is 12.9. The van der Waals surface area contributed by atoms with Gasteiger partial charge in [0, 0.05) is 5.69 Å². The lowest BCUT2D eigenvalue weighted by Crippen LogP contribution is -2.27. The van der Waals surface area contributed by atoms with Gasteiger partial charge in [-0.3, -0.25) is 14.5 Å². The van der Waals surface area contributed by atoms with Crippen LogP contribution in [0, 0.1) is 0 Å². The molecule has 4 rings (SSSR count). The SMILES string of the molecule is CCc1ccc(N2C(=O)/C(=C/c3ccc(OCC(=O)Nc4cccc(C(F)(F)F)c4)c(Cl)c3)SC2=S)cc1. The maximum absolute atomic E-state index is 13.0. The fourth-order valence-corrected chi connectivity index (χ4v) is 5.10. The van der Waals surface area contributed by atoms with Crippen molar-refractivity contribution >= 4 is 69.2 Å². The van der Waals surface area contributed by atoms with Gasteiger partial charge in [-0.15, -0.1) is 0 Å². The van der Waals surface area contributed by atoms with Crippen LogP contribution in [0.5, 0.6) is 5.75 Å². The molecule has 0 radical (unpaired) electrons. The number of thiocarbonyl (C=S) groups is 1. The summed E-state index contributed by atoms with van der Waals surface area (Å²) in [7, 11) is 0. The number of halogens is 4. The number of rotatable bonds is 7. The number of hydrogen-bond acceptors (Lipinski definition) is 5. The zero-order valence-electron chi connectivity index (χ0n) is 19.8. The van der Waals surface area contributed by atoms with E-state index in [4.69, 9.17) is 28.6 Å². The molecule has 2 amide bonds. The van der Waals surface area contributed by atoms with E-state index in [9.17, 15) is 22.8 Å². The zero-order chi connectivity index (χ0) is 27.4. The minimum Gasteiger partial charge on any atom is -0.482 e. The lowest BCUT2D eigenvalue weighted by atomic mass is 10.1. The lowest BCUT2D eigenvalue weighted by molar-refractivity contribution is -0.137. The summed E-state index contributed by atoms with van der Waals surface area (Å²) in [4.78, 5) is 27.1. The Bertz CT molecular complexity index is 1430. The van der Waals surface area contributed by atoms with Gasteiger partial charge in [0.15, 0.2) is 10.9 Å². The fraction of sp³-hybridized carbons (Fsp3) is 0.148. The maximum Gasteiger partial charge on any atom is 0.416 e. The second-order valence-corrected chi connectivity index (χ2v) is 10.2. The van der Waals surface area contributed by atoms with Gasteiger partial charge in [0.2, 0.25) is 0 Å². The van der Waals surface area contributed by atoms with Crippen LogP contribution in [0.3, 0.4) is 0 Å². The number of aryl methyl sites for hydroxylation is 1. The Labute approximate surface area is 231 Å². The van der Waals surface area contributed by atoms with Gasteiger partial charge in [0.1, 0.15) is 5.75 Å². The molecule has 5 nitrogen and oxygen atoms in total. The van der Waals surface area contributed by atoms with E-state index in [2.05, 4.69) is 5.32 Å². The molecule has 11 heteroatoms. The molecule has 196 valence electrons. The molecule has 0 unspecified atom stereocenters. The van der Waals surface area contributed by atoms with Crippen LogP contribution in [0.4, 0.5) is 24.5 Å². The van der Waals surface area contributed by atoms with Gasteiger partial charge in [-0.25, -0.2) is 0 Å². The van der Waals surface area contributed by atoms with Crippen LogP contribution in [-0.4, -0.2) is 22.7 Å². The molecule has 3 aromatic rings. The molecule has 0 aromatic heterocycles. The quantitative estimate of drug-likeness (QED) is 0.235. The van der Waals surface area contributed by atoms with E-state index in [1.165, 1.54) is 34.9 Å². The minimum atomic E-state index is -4.52. The van der Waals surface area contributed by atoms with Crippen molar-refractivity contribution in [1.82, 2.24) is 0 Å². The van der Waals surface area contributed by atoms with E-state index in [0.717, 1.165) is 24.1 Å². The molecule has 1 heterocycles. The van der Waals surface area contributed by atoms with E-state index >= 15 is 0 Å². The second-order valence-electron chi connectivity index (χ2n) is 8.14. The van der Waals surface area contributed by atoms with Crippen LogP contribution in [-0.2, 0) is 22.2 Å². The molecule has 1 aliphatic heterocycles. The summed E-state index contributed by atoms with van der Waals surface area (Å²) in [5.74, 6) is -0.696. The van der Waals surface area contributed by atoms with Crippen molar-refractivity contribution in [3.8, 4) is 5.75 Å². The number of nitrogens with one attached hydrogen (secondary N) is 1. The Morgan fingerprint density at radius 3 is 2.53 bits per heavy atom. The number of nitrogens with zero attached hydrogens (tertiary/aromatic N) is 1. The molecule has 1 fully saturated rings. The van der Waals surface area contributed by atoms with Gasteiger partial charge in [-0.2, -0.15) is 13.2 Å². The minimum absolute atomic E-state index is 0.00603. The third-order valence-electron chi connectivity index (χ3n) is 5.48. The van der Waals surface area contributed by atoms with Crippen molar-refractivity contribution < 1.29 is 27.5 Å². The highest BCUT2D eigenvalue weighted by molar-refractivity contribution is 8.27. The predicted molar refractivity (Wildman–Crippen MR) is 148 cm³/mol. The normalized spacial score (nSPS) is 14.8. The third kappa shape index (κ3) is 6.56. The van der Waals surface area contributed by atoms with E-state index in [0.29, 0.717) is 20.5 Å². The van der Waals surface area contributed by atoms with E-state index in [1.54, 1.807) is 18.2 Å². The maximum atomic E-state index is 13.0. The molecule has 0 bridgehead atoms. The number of ether oxygens (including phenoxy) is 1. The van der Waals surface area contributed by atoms with Gasteiger partial charge < -0.3 is 10.1 Å². The van der Waals surface area contributed by atoms with Crippen LogP contribution in [0.1, 0.15) is 23.6 Å². The highest BCUT2D eigenvalue weighted by Crippen LogP contribution is 2.37. The van der Waals surface area contributed by atoms with Crippen molar-refractivity contribution in [2.45, 2.75) is 19.5 Å². The van der Waals surface area contributed by atoms with Crippen molar-refractivity contribution in [2.75, 3.05) is 16.8 Å². The van der Waals surface area contributed by atoms with Gasteiger partial charge in [0.05, 0.1) is 21.2 Å². The highest BCUT2D eigenvalue weighted by atomic mass is 35.5. The Morgan fingerprint density at radius 1 is 1.13 bits per heavy atom. The summed E-state index contributed by atoms with van der Waals surface area (Å²) in [6, 6.07) is 16.7. The smallest absolute Gasteiger partial charge is 0.416 e. The molecular formula is C27H20ClF3N2O3S2. The molecule has 0 aliphatic carbocycles. The van der Waals surface area contributed by atoms with Gasteiger partial charge >= 0.3 is 6.18 Å². The Balaban J connectivity index is 1.39.